The molecule has 0 aromatic heterocycles. The van der Waals surface area contributed by atoms with E-state index in [1.54, 1.807) is 0 Å². The van der Waals surface area contributed by atoms with E-state index in [1.807, 2.05) is 32.0 Å². The second-order valence-electron chi connectivity index (χ2n) is 8.13. The van der Waals surface area contributed by atoms with Gasteiger partial charge < -0.3 is 14.5 Å². The van der Waals surface area contributed by atoms with Crippen molar-refractivity contribution in [1.29, 1.82) is 0 Å². The van der Waals surface area contributed by atoms with Gasteiger partial charge in [-0.25, -0.2) is 4.79 Å². The molecule has 0 unspecified atom stereocenters. The fraction of sp³-hybridized carbons (Fsp3) is 0.619. The van der Waals surface area contributed by atoms with Crippen LogP contribution in [0.2, 0.25) is 0 Å². The molecular formula is C21H29N3O3. The van der Waals surface area contributed by atoms with Gasteiger partial charge in [-0.05, 0) is 45.6 Å². The molecule has 2 heterocycles. The molecule has 3 aliphatic rings. The van der Waals surface area contributed by atoms with Crippen molar-refractivity contribution >= 4 is 17.5 Å². The third-order valence-corrected chi connectivity index (χ3v) is 5.99. The van der Waals surface area contributed by atoms with Crippen molar-refractivity contribution in [3.05, 3.63) is 29.8 Å². The van der Waals surface area contributed by atoms with Gasteiger partial charge in [0.15, 0.2) is 0 Å². The van der Waals surface area contributed by atoms with Gasteiger partial charge in [-0.2, -0.15) is 0 Å². The van der Waals surface area contributed by atoms with E-state index in [0.29, 0.717) is 6.04 Å². The predicted molar refractivity (Wildman–Crippen MR) is 105 cm³/mol. The summed E-state index contributed by atoms with van der Waals surface area (Å²) in [6.07, 6.45) is 5.81. The van der Waals surface area contributed by atoms with Crippen LogP contribution in [0.1, 0.15) is 57.9 Å². The maximum Gasteiger partial charge on any atom is 0.412 e. The van der Waals surface area contributed by atoms with Crippen LogP contribution in [0.3, 0.4) is 0 Å². The highest BCUT2D eigenvalue weighted by atomic mass is 16.6. The zero-order valence-electron chi connectivity index (χ0n) is 16.2. The zero-order chi connectivity index (χ0) is 18.9. The third kappa shape index (κ3) is 3.81. The van der Waals surface area contributed by atoms with Crippen LogP contribution >= 0.6 is 0 Å². The summed E-state index contributed by atoms with van der Waals surface area (Å²) < 4.78 is 5.84. The van der Waals surface area contributed by atoms with Crippen molar-refractivity contribution in [2.75, 3.05) is 18.4 Å². The molecule has 146 valence electrons. The molecule has 2 fully saturated rings. The van der Waals surface area contributed by atoms with E-state index in [0.717, 1.165) is 62.9 Å². The second kappa shape index (κ2) is 7.50. The monoisotopic (exact) mass is 371 g/mol. The lowest BCUT2D eigenvalue weighted by Gasteiger charge is -2.46. The number of fused-ring (bicyclic) bond motifs is 2. The molecule has 0 radical (unpaired) electrons. The number of hydrogen-bond acceptors (Lipinski definition) is 5. The number of carbonyl (C=O) groups excluding carboxylic acids is 1. The zero-order valence-corrected chi connectivity index (χ0v) is 16.2. The third-order valence-electron chi connectivity index (χ3n) is 5.99. The number of nitrogens with one attached hydrogen (secondary N) is 1. The summed E-state index contributed by atoms with van der Waals surface area (Å²) in [4.78, 5) is 20.0. The number of likely N-dealkylation sites (tertiary alicyclic amines) is 1. The van der Waals surface area contributed by atoms with Crippen molar-refractivity contribution in [1.82, 2.24) is 4.90 Å². The van der Waals surface area contributed by atoms with Gasteiger partial charge in [-0.3, -0.25) is 5.32 Å². The van der Waals surface area contributed by atoms with Crippen LogP contribution in [-0.4, -0.2) is 41.9 Å². The SMILES string of the molecule is CC(C)ON=C1CCC(N2CCC3(CC2)OC(=O)Nc2ccccc23)CC1. The number of anilines is 1. The molecular weight excluding hydrogens is 342 g/mol. The summed E-state index contributed by atoms with van der Waals surface area (Å²) in [5.74, 6) is 0. The van der Waals surface area contributed by atoms with Crippen LogP contribution in [0.5, 0.6) is 0 Å². The first-order chi connectivity index (χ1) is 13.1. The van der Waals surface area contributed by atoms with Crippen molar-refractivity contribution in [3.8, 4) is 0 Å². The maximum atomic E-state index is 12.1. The summed E-state index contributed by atoms with van der Waals surface area (Å²) >= 11 is 0. The van der Waals surface area contributed by atoms with Gasteiger partial charge in [0.25, 0.3) is 0 Å². The molecule has 6 nitrogen and oxygen atoms in total. The Hall–Kier alpha value is -2.08. The van der Waals surface area contributed by atoms with Crippen LogP contribution in [0.15, 0.2) is 29.4 Å². The highest BCUT2D eigenvalue weighted by Crippen LogP contribution is 2.44. The highest BCUT2D eigenvalue weighted by Gasteiger charge is 2.45. The summed E-state index contributed by atoms with van der Waals surface area (Å²) in [5, 5.41) is 7.13. The molecule has 4 rings (SSSR count). The fourth-order valence-corrected chi connectivity index (χ4v) is 4.55. The summed E-state index contributed by atoms with van der Waals surface area (Å²) in [6, 6.07) is 8.62. The molecule has 1 amide bonds. The quantitative estimate of drug-likeness (QED) is 0.806. The molecule has 1 saturated heterocycles. The Morgan fingerprint density at radius 2 is 1.93 bits per heavy atom. The summed E-state index contributed by atoms with van der Waals surface area (Å²) in [5.41, 5.74) is 2.73. The lowest BCUT2D eigenvalue weighted by Crippen LogP contribution is -2.51. The minimum atomic E-state index is -0.470. The summed E-state index contributed by atoms with van der Waals surface area (Å²) in [7, 11) is 0. The van der Waals surface area contributed by atoms with Crippen molar-refractivity contribution < 1.29 is 14.4 Å². The number of ether oxygens (including phenoxy) is 1. The topological polar surface area (TPSA) is 63.2 Å². The van der Waals surface area contributed by atoms with E-state index in [1.165, 1.54) is 5.71 Å². The number of carbonyl (C=O) groups is 1. The molecule has 1 N–H and O–H groups in total. The minimum Gasteiger partial charge on any atom is -0.438 e. The second-order valence-corrected chi connectivity index (χ2v) is 8.13. The van der Waals surface area contributed by atoms with Crippen LogP contribution in [-0.2, 0) is 15.2 Å². The van der Waals surface area contributed by atoms with Gasteiger partial charge in [0, 0.05) is 37.5 Å². The van der Waals surface area contributed by atoms with E-state index in [4.69, 9.17) is 9.57 Å². The van der Waals surface area contributed by atoms with Gasteiger partial charge in [0.05, 0.1) is 11.4 Å². The van der Waals surface area contributed by atoms with Gasteiger partial charge in [-0.15, -0.1) is 0 Å². The molecule has 1 aromatic carbocycles. The number of oxime groups is 1. The predicted octanol–water partition coefficient (Wildman–Crippen LogP) is 4.26. The van der Waals surface area contributed by atoms with Gasteiger partial charge in [-0.1, -0.05) is 23.4 Å². The largest absolute Gasteiger partial charge is 0.438 e. The van der Waals surface area contributed by atoms with E-state index < -0.39 is 5.60 Å². The first-order valence-electron chi connectivity index (χ1n) is 10.1. The Labute approximate surface area is 160 Å². The van der Waals surface area contributed by atoms with Crippen LogP contribution in [0.4, 0.5) is 10.5 Å². The number of para-hydroxylation sites is 1. The number of amides is 1. The molecule has 2 aliphatic heterocycles. The number of nitrogens with zero attached hydrogens (tertiary/aromatic N) is 2. The first-order valence-corrected chi connectivity index (χ1v) is 10.1. The highest BCUT2D eigenvalue weighted by molar-refractivity contribution is 5.88. The Kier molecular flexibility index (Phi) is 5.08. The van der Waals surface area contributed by atoms with E-state index in [2.05, 4.69) is 21.4 Å². The van der Waals surface area contributed by atoms with Crippen LogP contribution in [0, 0.1) is 0 Å². The van der Waals surface area contributed by atoms with Gasteiger partial charge in [0.1, 0.15) is 11.7 Å². The minimum absolute atomic E-state index is 0.143. The average Bonchev–Trinajstić information content (AvgIpc) is 2.67. The number of rotatable bonds is 3. The van der Waals surface area contributed by atoms with E-state index >= 15 is 0 Å². The fourth-order valence-electron chi connectivity index (χ4n) is 4.55. The smallest absolute Gasteiger partial charge is 0.412 e. The van der Waals surface area contributed by atoms with E-state index in [9.17, 15) is 4.79 Å². The Morgan fingerprint density at radius 1 is 1.22 bits per heavy atom. The molecule has 1 aromatic rings. The maximum absolute atomic E-state index is 12.1. The molecule has 6 heteroatoms. The van der Waals surface area contributed by atoms with Gasteiger partial charge in [0.2, 0.25) is 0 Å². The molecule has 0 atom stereocenters. The van der Waals surface area contributed by atoms with Crippen LogP contribution < -0.4 is 5.32 Å². The molecule has 1 saturated carbocycles. The molecule has 1 aliphatic carbocycles. The molecule has 27 heavy (non-hydrogen) atoms. The lowest BCUT2D eigenvalue weighted by atomic mass is 9.81. The van der Waals surface area contributed by atoms with Gasteiger partial charge >= 0.3 is 6.09 Å². The average molecular weight is 371 g/mol. The number of hydrogen-bond donors (Lipinski definition) is 1. The lowest BCUT2D eigenvalue weighted by molar-refractivity contribution is -0.0473. The van der Waals surface area contributed by atoms with Crippen molar-refractivity contribution in [3.63, 3.8) is 0 Å². The van der Waals surface area contributed by atoms with Crippen molar-refractivity contribution in [2.45, 2.75) is 70.1 Å². The van der Waals surface area contributed by atoms with E-state index in [-0.39, 0.29) is 12.2 Å². The normalized spacial score (nSPS) is 24.9. The molecule has 1 spiro atoms. The standard InChI is InChI=1S/C21H29N3O3/c1-15(2)27-23-16-7-9-17(10-8-16)24-13-11-21(12-14-24)18-5-3-4-6-19(18)22-20(25)26-21/h3-6,15,17H,7-14H2,1-2H3,(H,22,25). The Balaban J connectivity index is 1.38. The number of piperidine rings is 1. The number of benzene rings is 1. The van der Waals surface area contributed by atoms with Crippen molar-refractivity contribution in [2.24, 2.45) is 5.16 Å². The summed E-state index contributed by atoms with van der Waals surface area (Å²) in [6.45, 7) is 5.93. The Bertz CT molecular complexity index is 713. The first kappa shape index (κ1) is 18.3. The van der Waals surface area contributed by atoms with Crippen LogP contribution in [0.25, 0.3) is 0 Å². The molecule has 0 bridgehead atoms. The Morgan fingerprint density at radius 3 is 2.63 bits per heavy atom.